The van der Waals surface area contributed by atoms with E-state index in [-0.39, 0.29) is 22.9 Å². The third-order valence-corrected chi connectivity index (χ3v) is 6.42. The molecule has 2 saturated heterocycles. The number of nitrogens with one attached hydrogen (secondary N) is 1. The molecule has 6 nitrogen and oxygen atoms in total. The summed E-state index contributed by atoms with van der Waals surface area (Å²) < 4.78 is 33.6. The van der Waals surface area contributed by atoms with Gasteiger partial charge in [-0.15, -0.1) is 0 Å². The zero-order chi connectivity index (χ0) is 17.3. The molecule has 2 aliphatic heterocycles. The molecule has 2 aliphatic rings. The van der Waals surface area contributed by atoms with Crippen LogP contribution in [0.15, 0.2) is 23.1 Å². The van der Waals surface area contributed by atoms with Crippen molar-refractivity contribution in [2.24, 2.45) is 0 Å². The molecule has 1 aromatic rings. The van der Waals surface area contributed by atoms with Crippen molar-refractivity contribution in [3.63, 3.8) is 0 Å². The van der Waals surface area contributed by atoms with E-state index >= 15 is 0 Å². The number of ether oxygens (including phenoxy) is 1. The van der Waals surface area contributed by atoms with Crippen molar-refractivity contribution >= 4 is 21.6 Å². The van der Waals surface area contributed by atoms with Crippen LogP contribution in [0.1, 0.15) is 38.2 Å². The number of benzene rings is 1. The topological polar surface area (TPSA) is 75.7 Å². The van der Waals surface area contributed by atoms with Crippen LogP contribution in [-0.2, 0) is 19.6 Å². The Hall–Kier alpha value is -1.44. The quantitative estimate of drug-likeness (QED) is 0.879. The SMILES string of the molecule is Cc1cc(N2CCCC2=O)ccc1S(=O)(=O)NC(C)C1CCCO1. The highest BCUT2D eigenvalue weighted by molar-refractivity contribution is 7.89. The molecule has 1 amide bonds. The molecule has 0 radical (unpaired) electrons. The number of hydrogen-bond donors (Lipinski definition) is 1. The lowest BCUT2D eigenvalue weighted by Gasteiger charge is -2.21. The fourth-order valence-corrected chi connectivity index (χ4v) is 4.90. The maximum absolute atomic E-state index is 12.7. The molecular formula is C17H24N2O4S. The van der Waals surface area contributed by atoms with Crippen LogP contribution in [0.5, 0.6) is 0 Å². The molecule has 0 saturated carbocycles. The van der Waals surface area contributed by atoms with E-state index < -0.39 is 10.0 Å². The third-order valence-electron chi connectivity index (χ3n) is 4.70. The Kier molecular flexibility index (Phi) is 4.94. The largest absolute Gasteiger partial charge is 0.377 e. The lowest BCUT2D eigenvalue weighted by Crippen LogP contribution is -2.41. The molecule has 2 atom stereocenters. The van der Waals surface area contributed by atoms with Crippen molar-refractivity contribution in [2.75, 3.05) is 18.1 Å². The summed E-state index contributed by atoms with van der Waals surface area (Å²) in [5.74, 6) is 0.0927. The monoisotopic (exact) mass is 352 g/mol. The van der Waals surface area contributed by atoms with Gasteiger partial charge in [-0.3, -0.25) is 4.79 Å². The summed E-state index contributed by atoms with van der Waals surface area (Å²) in [7, 11) is -3.61. The molecule has 1 N–H and O–H groups in total. The van der Waals surface area contributed by atoms with Gasteiger partial charge in [0.05, 0.1) is 11.0 Å². The third kappa shape index (κ3) is 3.48. The van der Waals surface area contributed by atoms with E-state index in [4.69, 9.17) is 4.74 Å². The van der Waals surface area contributed by atoms with Crippen LogP contribution >= 0.6 is 0 Å². The first kappa shape index (κ1) is 17.4. The van der Waals surface area contributed by atoms with Crippen LogP contribution in [0.3, 0.4) is 0 Å². The molecule has 2 heterocycles. The van der Waals surface area contributed by atoms with E-state index in [2.05, 4.69) is 4.72 Å². The van der Waals surface area contributed by atoms with Crippen molar-refractivity contribution in [1.29, 1.82) is 0 Å². The Morgan fingerprint density at radius 3 is 2.71 bits per heavy atom. The van der Waals surface area contributed by atoms with Gasteiger partial charge in [0.15, 0.2) is 0 Å². The molecule has 3 rings (SSSR count). The molecule has 132 valence electrons. The van der Waals surface area contributed by atoms with Gasteiger partial charge in [0.25, 0.3) is 0 Å². The number of anilines is 1. The highest BCUT2D eigenvalue weighted by Crippen LogP contribution is 2.26. The second-order valence-electron chi connectivity index (χ2n) is 6.56. The van der Waals surface area contributed by atoms with E-state index in [9.17, 15) is 13.2 Å². The van der Waals surface area contributed by atoms with E-state index in [0.717, 1.165) is 24.9 Å². The maximum Gasteiger partial charge on any atom is 0.241 e. The molecule has 1 aromatic carbocycles. The first-order valence-corrected chi connectivity index (χ1v) is 9.92. The zero-order valence-electron chi connectivity index (χ0n) is 14.1. The van der Waals surface area contributed by atoms with E-state index in [1.165, 1.54) is 0 Å². The predicted octanol–water partition coefficient (Wildman–Crippen LogP) is 1.97. The molecule has 0 bridgehead atoms. The van der Waals surface area contributed by atoms with Gasteiger partial charge >= 0.3 is 0 Å². The molecule has 2 fully saturated rings. The number of rotatable bonds is 5. The first-order valence-electron chi connectivity index (χ1n) is 8.43. The minimum Gasteiger partial charge on any atom is -0.377 e. The fraction of sp³-hybridized carbons (Fsp3) is 0.588. The summed E-state index contributed by atoms with van der Waals surface area (Å²) in [6, 6.07) is 4.80. The Bertz CT molecular complexity index is 726. The van der Waals surface area contributed by atoms with Gasteiger partial charge in [0, 0.05) is 31.3 Å². The Morgan fingerprint density at radius 2 is 2.12 bits per heavy atom. The van der Waals surface area contributed by atoms with Crippen molar-refractivity contribution < 1.29 is 17.9 Å². The van der Waals surface area contributed by atoms with Crippen LogP contribution < -0.4 is 9.62 Å². The van der Waals surface area contributed by atoms with Crippen molar-refractivity contribution in [3.05, 3.63) is 23.8 Å². The van der Waals surface area contributed by atoms with E-state index in [0.29, 0.717) is 25.1 Å². The lowest BCUT2D eigenvalue weighted by molar-refractivity contribution is -0.117. The van der Waals surface area contributed by atoms with Gasteiger partial charge < -0.3 is 9.64 Å². The summed E-state index contributed by atoms with van der Waals surface area (Å²) in [6.07, 6.45) is 3.17. The average molecular weight is 352 g/mol. The van der Waals surface area contributed by atoms with E-state index in [1.54, 1.807) is 30.0 Å². The van der Waals surface area contributed by atoms with Gasteiger partial charge in [-0.1, -0.05) is 0 Å². The number of aryl methyl sites for hydroxylation is 1. The molecule has 24 heavy (non-hydrogen) atoms. The number of carbonyl (C=O) groups is 1. The van der Waals surface area contributed by atoms with Crippen molar-refractivity contribution in [3.8, 4) is 0 Å². The summed E-state index contributed by atoms with van der Waals surface area (Å²) in [5, 5.41) is 0. The summed E-state index contributed by atoms with van der Waals surface area (Å²) in [4.78, 5) is 13.8. The maximum atomic E-state index is 12.7. The summed E-state index contributed by atoms with van der Waals surface area (Å²) in [5.41, 5.74) is 1.40. The molecular weight excluding hydrogens is 328 g/mol. The van der Waals surface area contributed by atoms with Crippen LogP contribution in [0.25, 0.3) is 0 Å². The van der Waals surface area contributed by atoms with Crippen LogP contribution in [0.4, 0.5) is 5.69 Å². The molecule has 0 aliphatic carbocycles. The predicted molar refractivity (Wildman–Crippen MR) is 91.5 cm³/mol. The van der Waals surface area contributed by atoms with Crippen molar-refractivity contribution in [1.82, 2.24) is 4.72 Å². The Morgan fingerprint density at radius 1 is 1.33 bits per heavy atom. The average Bonchev–Trinajstić information content (AvgIpc) is 3.17. The fourth-order valence-electron chi connectivity index (χ4n) is 3.41. The second-order valence-corrected chi connectivity index (χ2v) is 8.24. The second kappa shape index (κ2) is 6.82. The standard InChI is InChI=1S/C17H24N2O4S/c1-12-11-14(19-9-3-6-17(19)20)7-8-16(12)24(21,22)18-13(2)15-5-4-10-23-15/h7-8,11,13,15,18H,3-6,9-10H2,1-2H3. The number of nitrogens with zero attached hydrogens (tertiary/aromatic N) is 1. The van der Waals surface area contributed by atoms with Gasteiger partial charge in [0.2, 0.25) is 15.9 Å². The molecule has 0 aromatic heterocycles. The molecule has 0 spiro atoms. The highest BCUT2D eigenvalue weighted by atomic mass is 32.2. The van der Waals surface area contributed by atoms with Crippen molar-refractivity contribution in [2.45, 2.75) is 56.6 Å². The highest BCUT2D eigenvalue weighted by Gasteiger charge is 2.28. The number of carbonyl (C=O) groups excluding carboxylic acids is 1. The lowest BCUT2D eigenvalue weighted by atomic mass is 10.1. The van der Waals surface area contributed by atoms with Gasteiger partial charge in [-0.2, -0.15) is 0 Å². The minimum atomic E-state index is -3.61. The summed E-state index contributed by atoms with van der Waals surface area (Å²) in [6.45, 7) is 4.97. The minimum absolute atomic E-state index is 0.0680. The van der Waals surface area contributed by atoms with Gasteiger partial charge in [0.1, 0.15) is 0 Å². The smallest absolute Gasteiger partial charge is 0.241 e. The van der Waals surface area contributed by atoms with E-state index in [1.807, 2.05) is 6.92 Å². The number of amides is 1. The Balaban J connectivity index is 1.79. The Labute approximate surface area is 143 Å². The van der Waals surface area contributed by atoms with Gasteiger partial charge in [-0.25, -0.2) is 13.1 Å². The normalized spacial score (nSPS) is 23.0. The van der Waals surface area contributed by atoms with Crippen LogP contribution in [0, 0.1) is 6.92 Å². The van der Waals surface area contributed by atoms with Crippen LogP contribution in [-0.4, -0.2) is 39.6 Å². The molecule has 2 unspecified atom stereocenters. The number of sulfonamides is 1. The number of hydrogen-bond acceptors (Lipinski definition) is 4. The van der Waals surface area contributed by atoms with Crippen LogP contribution in [0.2, 0.25) is 0 Å². The first-order chi connectivity index (χ1) is 11.4. The summed E-state index contributed by atoms with van der Waals surface area (Å²) >= 11 is 0. The zero-order valence-corrected chi connectivity index (χ0v) is 14.9. The van der Waals surface area contributed by atoms with Gasteiger partial charge in [-0.05, 0) is 56.9 Å². The molecule has 7 heteroatoms.